The van der Waals surface area contributed by atoms with Gasteiger partial charge in [-0.1, -0.05) is 29.8 Å². The minimum absolute atomic E-state index is 0.287. The molecule has 3 rings (SSSR count). The highest BCUT2D eigenvalue weighted by Crippen LogP contribution is 2.26. The Kier molecular flexibility index (Phi) is 3.08. The molecule has 18 heavy (non-hydrogen) atoms. The summed E-state index contributed by atoms with van der Waals surface area (Å²) in [6.45, 7) is 6.13. The van der Waals surface area contributed by atoms with E-state index in [0.717, 1.165) is 31.7 Å². The number of carbonyl (C=O) groups is 1. The first-order chi connectivity index (χ1) is 8.72. The van der Waals surface area contributed by atoms with E-state index in [1.54, 1.807) is 0 Å². The van der Waals surface area contributed by atoms with E-state index in [1.807, 2.05) is 12.1 Å². The van der Waals surface area contributed by atoms with Crippen molar-refractivity contribution in [1.82, 2.24) is 10.2 Å². The highest BCUT2D eigenvalue weighted by atomic mass is 16.2. The Balaban J connectivity index is 1.62. The summed E-state index contributed by atoms with van der Waals surface area (Å²) in [5.74, 6) is 1.66. The number of amides is 1. The molecule has 0 aromatic heterocycles. The van der Waals surface area contributed by atoms with E-state index in [9.17, 15) is 4.79 Å². The smallest absolute Gasteiger partial charge is 0.227 e. The highest BCUT2D eigenvalue weighted by Gasteiger charge is 2.37. The quantitative estimate of drug-likeness (QED) is 0.848. The van der Waals surface area contributed by atoms with Crippen molar-refractivity contribution < 1.29 is 4.79 Å². The number of aryl methyl sites for hydroxylation is 1. The van der Waals surface area contributed by atoms with Gasteiger partial charge in [0, 0.05) is 26.2 Å². The molecule has 0 spiro atoms. The minimum Gasteiger partial charge on any atom is -0.342 e. The standard InChI is InChI=1S/C15H20N2O/c1-11-3-2-4-12(5-11)6-15(18)17-9-13-7-16-8-14(13)10-17/h2-5,13-14,16H,6-10H2,1H3. The zero-order chi connectivity index (χ0) is 12.5. The molecule has 2 atom stereocenters. The molecule has 96 valence electrons. The Bertz CT molecular complexity index is 446. The Morgan fingerprint density at radius 1 is 1.33 bits per heavy atom. The van der Waals surface area contributed by atoms with E-state index < -0.39 is 0 Å². The van der Waals surface area contributed by atoms with Gasteiger partial charge in [-0.3, -0.25) is 4.79 Å². The number of fused-ring (bicyclic) bond motifs is 1. The second-order valence-electron chi connectivity index (χ2n) is 5.64. The summed E-state index contributed by atoms with van der Waals surface area (Å²) in [5, 5.41) is 3.40. The Morgan fingerprint density at radius 2 is 2.06 bits per heavy atom. The molecule has 2 aliphatic rings. The van der Waals surface area contributed by atoms with Crippen molar-refractivity contribution in [3.05, 3.63) is 35.4 Å². The lowest BCUT2D eigenvalue weighted by Crippen LogP contribution is -2.32. The molecule has 2 aliphatic heterocycles. The molecule has 0 radical (unpaired) electrons. The third-order valence-electron chi connectivity index (χ3n) is 4.18. The molecule has 3 nitrogen and oxygen atoms in total. The van der Waals surface area contributed by atoms with Gasteiger partial charge in [0.1, 0.15) is 0 Å². The lowest BCUT2D eigenvalue weighted by atomic mass is 10.0. The number of rotatable bonds is 2. The average Bonchev–Trinajstić information content (AvgIpc) is 2.88. The van der Waals surface area contributed by atoms with Gasteiger partial charge < -0.3 is 10.2 Å². The molecule has 1 aromatic rings. The maximum Gasteiger partial charge on any atom is 0.227 e. The lowest BCUT2D eigenvalue weighted by Gasteiger charge is -2.17. The summed E-state index contributed by atoms with van der Waals surface area (Å²) < 4.78 is 0. The van der Waals surface area contributed by atoms with Crippen LogP contribution in [0.3, 0.4) is 0 Å². The van der Waals surface area contributed by atoms with Crippen molar-refractivity contribution >= 4 is 5.91 Å². The Labute approximate surface area is 108 Å². The average molecular weight is 244 g/mol. The number of carbonyl (C=O) groups excluding carboxylic acids is 1. The van der Waals surface area contributed by atoms with Crippen molar-refractivity contribution in [2.24, 2.45) is 11.8 Å². The van der Waals surface area contributed by atoms with E-state index in [0.29, 0.717) is 18.3 Å². The van der Waals surface area contributed by atoms with E-state index in [1.165, 1.54) is 5.56 Å². The normalized spacial score (nSPS) is 26.4. The molecule has 1 N–H and O–H groups in total. The lowest BCUT2D eigenvalue weighted by molar-refractivity contribution is -0.129. The first kappa shape index (κ1) is 11.7. The van der Waals surface area contributed by atoms with Crippen LogP contribution < -0.4 is 5.32 Å². The first-order valence-electron chi connectivity index (χ1n) is 6.76. The monoisotopic (exact) mass is 244 g/mol. The number of hydrogen-bond donors (Lipinski definition) is 1. The molecule has 2 unspecified atom stereocenters. The number of benzene rings is 1. The predicted molar refractivity (Wildman–Crippen MR) is 71.3 cm³/mol. The molecular formula is C15H20N2O. The second-order valence-corrected chi connectivity index (χ2v) is 5.64. The van der Waals surface area contributed by atoms with Crippen LogP contribution >= 0.6 is 0 Å². The van der Waals surface area contributed by atoms with Crippen LogP contribution in [0.2, 0.25) is 0 Å². The fraction of sp³-hybridized carbons (Fsp3) is 0.533. The highest BCUT2D eigenvalue weighted by molar-refractivity contribution is 5.79. The number of hydrogen-bond acceptors (Lipinski definition) is 2. The summed E-state index contributed by atoms with van der Waals surface area (Å²) in [5.41, 5.74) is 2.36. The molecule has 0 aliphatic carbocycles. The minimum atomic E-state index is 0.287. The molecule has 3 heteroatoms. The van der Waals surface area contributed by atoms with E-state index in [-0.39, 0.29) is 5.91 Å². The van der Waals surface area contributed by atoms with Gasteiger partial charge in [-0.2, -0.15) is 0 Å². The molecule has 1 aromatic carbocycles. The third kappa shape index (κ3) is 2.27. The van der Waals surface area contributed by atoms with Crippen LogP contribution in [0.4, 0.5) is 0 Å². The number of nitrogens with one attached hydrogen (secondary N) is 1. The van der Waals surface area contributed by atoms with E-state index >= 15 is 0 Å². The van der Waals surface area contributed by atoms with Gasteiger partial charge >= 0.3 is 0 Å². The van der Waals surface area contributed by atoms with Gasteiger partial charge in [0.05, 0.1) is 6.42 Å². The van der Waals surface area contributed by atoms with Crippen LogP contribution in [0, 0.1) is 18.8 Å². The summed E-state index contributed by atoms with van der Waals surface area (Å²) in [7, 11) is 0. The number of likely N-dealkylation sites (tertiary alicyclic amines) is 1. The molecule has 0 bridgehead atoms. The van der Waals surface area contributed by atoms with Gasteiger partial charge in [-0.15, -0.1) is 0 Å². The Morgan fingerprint density at radius 3 is 2.72 bits per heavy atom. The van der Waals surface area contributed by atoms with Gasteiger partial charge in [0.25, 0.3) is 0 Å². The van der Waals surface area contributed by atoms with Crippen LogP contribution in [0.5, 0.6) is 0 Å². The van der Waals surface area contributed by atoms with Crippen LogP contribution in [0.1, 0.15) is 11.1 Å². The van der Waals surface area contributed by atoms with Crippen molar-refractivity contribution in [3.63, 3.8) is 0 Å². The second kappa shape index (κ2) is 4.73. The third-order valence-corrected chi connectivity index (χ3v) is 4.18. The zero-order valence-corrected chi connectivity index (χ0v) is 10.9. The summed E-state index contributed by atoms with van der Waals surface area (Å²) in [4.78, 5) is 14.3. The van der Waals surface area contributed by atoms with Gasteiger partial charge in [-0.25, -0.2) is 0 Å². The molecule has 0 saturated carbocycles. The van der Waals surface area contributed by atoms with Crippen molar-refractivity contribution in [2.45, 2.75) is 13.3 Å². The van der Waals surface area contributed by atoms with Crippen molar-refractivity contribution in [1.29, 1.82) is 0 Å². The maximum absolute atomic E-state index is 12.3. The van der Waals surface area contributed by atoms with Crippen molar-refractivity contribution in [2.75, 3.05) is 26.2 Å². The fourth-order valence-electron chi connectivity index (χ4n) is 3.17. The Hall–Kier alpha value is -1.35. The molecular weight excluding hydrogens is 224 g/mol. The van der Waals surface area contributed by atoms with Crippen LogP contribution in [0.15, 0.2) is 24.3 Å². The van der Waals surface area contributed by atoms with Gasteiger partial charge in [-0.05, 0) is 24.3 Å². The maximum atomic E-state index is 12.3. The van der Waals surface area contributed by atoms with Gasteiger partial charge in [0.15, 0.2) is 0 Å². The van der Waals surface area contributed by atoms with E-state index in [2.05, 4.69) is 29.3 Å². The predicted octanol–water partition coefficient (Wildman–Crippen LogP) is 1.22. The topological polar surface area (TPSA) is 32.3 Å². The molecule has 2 saturated heterocycles. The largest absolute Gasteiger partial charge is 0.342 e. The van der Waals surface area contributed by atoms with Gasteiger partial charge in [0.2, 0.25) is 5.91 Å². The fourth-order valence-corrected chi connectivity index (χ4v) is 3.17. The van der Waals surface area contributed by atoms with Crippen LogP contribution in [-0.4, -0.2) is 37.0 Å². The molecule has 2 heterocycles. The zero-order valence-electron chi connectivity index (χ0n) is 10.9. The van der Waals surface area contributed by atoms with E-state index in [4.69, 9.17) is 0 Å². The van der Waals surface area contributed by atoms with Crippen molar-refractivity contribution in [3.8, 4) is 0 Å². The summed E-state index contributed by atoms with van der Waals surface area (Å²) in [6, 6.07) is 8.25. The number of nitrogens with zero attached hydrogens (tertiary/aromatic N) is 1. The SMILES string of the molecule is Cc1cccc(CC(=O)N2CC3CNCC3C2)c1. The van der Waals surface area contributed by atoms with Crippen LogP contribution in [0.25, 0.3) is 0 Å². The molecule has 1 amide bonds. The summed E-state index contributed by atoms with van der Waals surface area (Å²) in [6.07, 6.45) is 0.550. The first-order valence-corrected chi connectivity index (χ1v) is 6.76. The molecule has 2 fully saturated rings. The summed E-state index contributed by atoms with van der Waals surface area (Å²) >= 11 is 0. The van der Waals surface area contributed by atoms with Crippen LogP contribution in [-0.2, 0) is 11.2 Å².